The number of carbonyl (C=O) groups excluding carboxylic acids is 3. The third kappa shape index (κ3) is 3.88. The van der Waals surface area contributed by atoms with Crippen molar-refractivity contribution in [2.24, 2.45) is 0 Å². The summed E-state index contributed by atoms with van der Waals surface area (Å²) in [6.07, 6.45) is 0.468. The van der Waals surface area contributed by atoms with Gasteiger partial charge in [0.15, 0.2) is 0 Å². The van der Waals surface area contributed by atoms with E-state index in [1.165, 1.54) is 30.4 Å². The number of esters is 1. The SMILES string of the molecule is CCOC(=O)c1c(NC(=O)c2c(F)cccc2Cl)sc2c1CCN(C(C)=O)C2. The zero-order valence-electron chi connectivity index (χ0n) is 15.3. The first-order valence-corrected chi connectivity index (χ1v) is 9.85. The minimum absolute atomic E-state index is 0.0285. The van der Waals surface area contributed by atoms with Gasteiger partial charge in [0.2, 0.25) is 5.91 Å². The van der Waals surface area contributed by atoms with Crippen LogP contribution < -0.4 is 5.32 Å². The van der Waals surface area contributed by atoms with Crippen molar-refractivity contribution in [2.45, 2.75) is 26.8 Å². The van der Waals surface area contributed by atoms with E-state index in [0.717, 1.165) is 16.5 Å². The number of hydrogen-bond acceptors (Lipinski definition) is 5. The van der Waals surface area contributed by atoms with Crippen molar-refractivity contribution in [2.75, 3.05) is 18.5 Å². The Morgan fingerprint density at radius 2 is 2.07 bits per heavy atom. The molecule has 0 spiro atoms. The Hall–Kier alpha value is -2.45. The summed E-state index contributed by atoms with van der Waals surface area (Å²) in [6, 6.07) is 3.95. The zero-order chi connectivity index (χ0) is 20.4. The van der Waals surface area contributed by atoms with E-state index < -0.39 is 17.7 Å². The van der Waals surface area contributed by atoms with Crippen LogP contribution in [0.3, 0.4) is 0 Å². The first-order chi connectivity index (χ1) is 13.3. The van der Waals surface area contributed by atoms with E-state index in [-0.39, 0.29) is 33.7 Å². The van der Waals surface area contributed by atoms with Crippen molar-refractivity contribution >= 4 is 45.7 Å². The fourth-order valence-corrected chi connectivity index (χ4v) is 4.56. The smallest absolute Gasteiger partial charge is 0.341 e. The van der Waals surface area contributed by atoms with Gasteiger partial charge in [-0.3, -0.25) is 9.59 Å². The Morgan fingerprint density at radius 3 is 2.71 bits per heavy atom. The molecule has 2 aromatic rings. The van der Waals surface area contributed by atoms with Crippen LogP contribution in [0.1, 0.15) is 45.0 Å². The molecule has 6 nitrogen and oxygen atoms in total. The summed E-state index contributed by atoms with van der Waals surface area (Å²) in [5.41, 5.74) is 0.706. The van der Waals surface area contributed by atoms with E-state index in [0.29, 0.717) is 19.5 Å². The van der Waals surface area contributed by atoms with Gasteiger partial charge in [-0.2, -0.15) is 0 Å². The van der Waals surface area contributed by atoms with Crippen LogP contribution in [-0.2, 0) is 22.5 Å². The lowest BCUT2D eigenvalue weighted by Gasteiger charge is -2.25. The topological polar surface area (TPSA) is 75.7 Å². The fraction of sp³-hybridized carbons (Fsp3) is 0.316. The molecule has 0 saturated heterocycles. The van der Waals surface area contributed by atoms with Gasteiger partial charge in [0.1, 0.15) is 10.8 Å². The maximum atomic E-state index is 14.1. The molecular formula is C19H18ClFN2O4S. The molecule has 0 aliphatic carbocycles. The normalized spacial score (nSPS) is 13.1. The number of benzene rings is 1. The summed E-state index contributed by atoms with van der Waals surface area (Å²) in [7, 11) is 0. The van der Waals surface area contributed by atoms with Gasteiger partial charge < -0.3 is 15.0 Å². The number of amides is 2. The molecule has 1 aromatic heterocycles. The van der Waals surface area contributed by atoms with Crippen LogP contribution in [0.4, 0.5) is 9.39 Å². The van der Waals surface area contributed by atoms with Gasteiger partial charge in [-0.15, -0.1) is 11.3 Å². The monoisotopic (exact) mass is 424 g/mol. The average molecular weight is 425 g/mol. The number of halogens is 2. The summed E-state index contributed by atoms with van der Waals surface area (Å²) in [6.45, 7) is 4.16. The summed E-state index contributed by atoms with van der Waals surface area (Å²) < 4.78 is 19.2. The number of anilines is 1. The molecule has 148 valence electrons. The number of ether oxygens (including phenoxy) is 1. The van der Waals surface area contributed by atoms with E-state index in [9.17, 15) is 18.8 Å². The lowest BCUT2D eigenvalue weighted by molar-refractivity contribution is -0.129. The third-order valence-corrected chi connectivity index (χ3v) is 5.85. The first-order valence-electron chi connectivity index (χ1n) is 8.66. The van der Waals surface area contributed by atoms with Gasteiger partial charge in [-0.05, 0) is 31.0 Å². The Labute approximate surface area is 170 Å². The highest BCUT2D eigenvalue weighted by Crippen LogP contribution is 2.38. The number of carbonyl (C=O) groups is 3. The molecule has 1 aliphatic heterocycles. The Balaban J connectivity index is 1.99. The molecule has 0 saturated carbocycles. The summed E-state index contributed by atoms with van der Waals surface area (Å²) in [5, 5.41) is 2.83. The van der Waals surface area contributed by atoms with Gasteiger partial charge in [0.25, 0.3) is 5.91 Å². The molecule has 1 aromatic carbocycles. The van der Waals surface area contributed by atoms with Crippen molar-refractivity contribution in [1.82, 2.24) is 4.90 Å². The lowest BCUT2D eigenvalue weighted by Crippen LogP contribution is -2.34. The Kier molecular flexibility index (Phi) is 6.00. The Bertz CT molecular complexity index is 939. The highest BCUT2D eigenvalue weighted by atomic mass is 35.5. The number of rotatable bonds is 4. The van der Waals surface area contributed by atoms with Crippen molar-refractivity contribution in [3.05, 3.63) is 50.6 Å². The van der Waals surface area contributed by atoms with Gasteiger partial charge in [-0.25, -0.2) is 9.18 Å². The van der Waals surface area contributed by atoms with Crippen LogP contribution in [0.15, 0.2) is 18.2 Å². The summed E-state index contributed by atoms with van der Waals surface area (Å²) in [5.74, 6) is -2.14. The number of hydrogen-bond donors (Lipinski definition) is 1. The number of thiophene rings is 1. The van der Waals surface area contributed by atoms with E-state index in [4.69, 9.17) is 16.3 Å². The van der Waals surface area contributed by atoms with Crippen LogP contribution in [-0.4, -0.2) is 35.8 Å². The van der Waals surface area contributed by atoms with Crippen LogP contribution in [0.5, 0.6) is 0 Å². The highest BCUT2D eigenvalue weighted by molar-refractivity contribution is 7.17. The van der Waals surface area contributed by atoms with Gasteiger partial charge in [0.05, 0.1) is 29.3 Å². The first kappa shape index (κ1) is 20.3. The van der Waals surface area contributed by atoms with Gasteiger partial charge in [-0.1, -0.05) is 17.7 Å². The molecule has 3 rings (SSSR count). The summed E-state index contributed by atoms with van der Waals surface area (Å²) >= 11 is 7.14. The van der Waals surface area contributed by atoms with E-state index in [2.05, 4.69) is 5.32 Å². The van der Waals surface area contributed by atoms with Crippen LogP contribution in [0.25, 0.3) is 0 Å². The quantitative estimate of drug-likeness (QED) is 0.756. The summed E-state index contributed by atoms with van der Waals surface area (Å²) in [4.78, 5) is 39.3. The minimum Gasteiger partial charge on any atom is -0.462 e. The van der Waals surface area contributed by atoms with Gasteiger partial charge in [0, 0.05) is 18.3 Å². The largest absolute Gasteiger partial charge is 0.462 e. The fourth-order valence-electron chi connectivity index (χ4n) is 3.06. The van der Waals surface area contributed by atoms with Crippen LogP contribution in [0.2, 0.25) is 5.02 Å². The molecule has 2 amide bonds. The zero-order valence-corrected chi connectivity index (χ0v) is 16.9. The number of nitrogens with one attached hydrogen (secondary N) is 1. The van der Waals surface area contributed by atoms with E-state index in [1.54, 1.807) is 11.8 Å². The molecule has 0 fully saturated rings. The molecule has 1 aliphatic rings. The van der Waals surface area contributed by atoms with Crippen molar-refractivity contribution in [1.29, 1.82) is 0 Å². The van der Waals surface area contributed by atoms with Crippen LogP contribution in [0, 0.1) is 5.82 Å². The van der Waals surface area contributed by atoms with Crippen LogP contribution >= 0.6 is 22.9 Å². The van der Waals surface area contributed by atoms with Crippen molar-refractivity contribution in [3.63, 3.8) is 0 Å². The maximum Gasteiger partial charge on any atom is 0.341 e. The second-order valence-corrected chi connectivity index (χ2v) is 7.68. The maximum absolute atomic E-state index is 14.1. The van der Waals surface area contributed by atoms with Gasteiger partial charge >= 0.3 is 5.97 Å². The van der Waals surface area contributed by atoms with E-state index in [1.807, 2.05) is 0 Å². The third-order valence-electron chi connectivity index (χ3n) is 4.40. The molecule has 9 heteroatoms. The predicted molar refractivity (Wildman–Crippen MR) is 104 cm³/mol. The second-order valence-electron chi connectivity index (χ2n) is 6.17. The minimum atomic E-state index is -0.758. The Morgan fingerprint density at radius 1 is 1.32 bits per heavy atom. The van der Waals surface area contributed by atoms with Crippen molar-refractivity contribution < 1.29 is 23.5 Å². The molecule has 0 atom stereocenters. The molecule has 0 radical (unpaired) electrons. The van der Waals surface area contributed by atoms with E-state index >= 15 is 0 Å². The molecule has 2 heterocycles. The number of fused-ring (bicyclic) bond motifs is 1. The standard InChI is InChI=1S/C19H18ClFN2O4S/c1-3-27-19(26)15-11-7-8-23(10(2)24)9-14(11)28-18(15)22-17(25)16-12(20)5-4-6-13(16)21/h4-6H,3,7-9H2,1-2H3,(H,22,25). The second kappa shape index (κ2) is 8.28. The molecule has 1 N–H and O–H groups in total. The van der Waals surface area contributed by atoms with Crippen molar-refractivity contribution in [3.8, 4) is 0 Å². The molecule has 0 bridgehead atoms. The molecule has 28 heavy (non-hydrogen) atoms. The highest BCUT2D eigenvalue weighted by Gasteiger charge is 2.31. The lowest BCUT2D eigenvalue weighted by atomic mass is 10.0. The molecule has 0 unspecified atom stereocenters. The predicted octanol–water partition coefficient (Wildman–Crippen LogP) is 3.87. The number of nitrogens with zero attached hydrogens (tertiary/aromatic N) is 1. The average Bonchev–Trinajstić information content (AvgIpc) is 2.98. The molecular weight excluding hydrogens is 407 g/mol.